The van der Waals surface area contributed by atoms with Crippen LogP contribution in [0, 0.1) is 21.7 Å². The number of carbonyl (C=O) groups excluding carboxylic acids is 1. The largest absolute Gasteiger partial charge is 0.494 e. The normalized spacial score (nSPS) is 10.1. The van der Waals surface area contributed by atoms with Crippen molar-refractivity contribution >= 4 is 17.3 Å². The number of methoxy groups -OCH3 is 1. The van der Waals surface area contributed by atoms with Gasteiger partial charge in [-0.25, -0.2) is 8.78 Å². The number of carbonyl (C=O) groups is 1. The summed E-state index contributed by atoms with van der Waals surface area (Å²) in [7, 11) is 1.27. The van der Waals surface area contributed by atoms with E-state index in [1.54, 1.807) is 0 Å². The Bertz CT molecular complexity index is 750. The van der Waals surface area contributed by atoms with Crippen molar-refractivity contribution in [2.75, 3.05) is 12.4 Å². The van der Waals surface area contributed by atoms with Gasteiger partial charge in [-0.15, -0.1) is 0 Å². The highest BCUT2D eigenvalue weighted by Gasteiger charge is 2.15. The summed E-state index contributed by atoms with van der Waals surface area (Å²) >= 11 is 0. The molecule has 0 radical (unpaired) electrons. The third-order valence-electron chi connectivity index (χ3n) is 2.82. The number of amides is 1. The first-order chi connectivity index (χ1) is 10.4. The van der Waals surface area contributed by atoms with Crippen molar-refractivity contribution in [2.45, 2.75) is 0 Å². The molecular formula is C14H10F2N2O4. The number of nitrogens with one attached hydrogen (secondary N) is 1. The van der Waals surface area contributed by atoms with Crippen LogP contribution in [0.3, 0.4) is 0 Å². The Kier molecular flexibility index (Phi) is 4.31. The number of rotatable bonds is 4. The lowest BCUT2D eigenvalue weighted by atomic mass is 10.2. The first kappa shape index (κ1) is 15.4. The van der Waals surface area contributed by atoms with Crippen LogP contribution in [0.2, 0.25) is 0 Å². The Morgan fingerprint density at radius 3 is 2.50 bits per heavy atom. The summed E-state index contributed by atoms with van der Waals surface area (Å²) in [6, 6.07) is 6.16. The van der Waals surface area contributed by atoms with Crippen LogP contribution in [-0.4, -0.2) is 17.9 Å². The van der Waals surface area contributed by atoms with E-state index in [2.05, 4.69) is 5.32 Å². The van der Waals surface area contributed by atoms with E-state index >= 15 is 0 Å². The summed E-state index contributed by atoms with van der Waals surface area (Å²) in [6.45, 7) is 0. The molecule has 0 aliphatic carbocycles. The minimum absolute atomic E-state index is 0.0434. The molecule has 0 aliphatic rings. The Balaban J connectivity index is 2.27. The van der Waals surface area contributed by atoms with Crippen LogP contribution in [0.15, 0.2) is 36.4 Å². The Labute approximate surface area is 123 Å². The van der Waals surface area contributed by atoms with Gasteiger partial charge in [0.15, 0.2) is 11.6 Å². The molecule has 0 aromatic heterocycles. The second-order valence-corrected chi connectivity index (χ2v) is 4.22. The number of benzene rings is 2. The zero-order valence-corrected chi connectivity index (χ0v) is 11.3. The van der Waals surface area contributed by atoms with Crippen LogP contribution in [0.25, 0.3) is 0 Å². The SMILES string of the molecule is COc1ccc(C(=O)Nc2cc([N+](=O)[O-])ccc2F)cc1F. The molecule has 1 amide bonds. The van der Waals surface area contributed by atoms with Gasteiger partial charge in [-0.1, -0.05) is 0 Å². The third-order valence-corrected chi connectivity index (χ3v) is 2.82. The van der Waals surface area contributed by atoms with Crippen molar-refractivity contribution in [3.05, 3.63) is 63.7 Å². The number of hydrogen-bond donors (Lipinski definition) is 1. The summed E-state index contributed by atoms with van der Waals surface area (Å²) in [4.78, 5) is 21.9. The van der Waals surface area contributed by atoms with Crippen molar-refractivity contribution in [3.8, 4) is 5.75 Å². The summed E-state index contributed by atoms with van der Waals surface area (Å²) in [5, 5.41) is 12.8. The molecule has 1 N–H and O–H groups in total. The average Bonchev–Trinajstić information content (AvgIpc) is 2.49. The number of nitrogens with zero attached hydrogens (tertiary/aromatic N) is 1. The second-order valence-electron chi connectivity index (χ2n) is 4.22. The molecule has 2 rings (SSSR count). The van der Waals surface area contributed by atoms with E-state index in [4.69, 9.17) is 4.74 Å². The molecule has 0 spiro atoms. The summed E-state index contributed by atoms with van der Waals surface area (Å²) in [5.41, 5.74) is -0.822. The van der Waals surface area contributed by atoms with E-state index in [-0.39, 0.29) is 22.7 Å². The molecule has 0 fully saturated rings. The lowest BCUT2D eigenvalue weighted by Gasteiger charge is -2.08. The topological polar surface area (TPSA) is 81.5 Å². The molecule has 2 aromatic carbocycles. The molecule has 0 bridgehead atoms. The minimum atomic E-state index is -0.840. The first-order valence-electron chi connectivity index (χ1n) is 6.01. The van der Waals surface area contributed by atoms with Gasteiger partial charge in [0.05, 0.1) is 17.7 Å². The van der Waals surface area contributed by atoms with E-state index in [0.29, 0.717) is 0 Å². The van der Waals surface area contributed by atoms with Gasteiger partial charge >= 0.3 is 0 Å². The summed E-state index contributed by atoms with van der Waals surface area (Å²) in [6.07, 6.45) is 0. The lowest BCUT2D eigenvalue weighted by Crippen LogP contribution is -2.13. The molecule has 0 atom stereocenters. The molecule has 8 heteroatoms. The molecular weight excluding hydrogens is 298 g/mol. The molecule has 114 valence electrons. The summed E-state index contributed by atoms with van der Waals surface area (Å²) < 4.78 is 31.8. The van der Waals surface area contributed by atoms with Gasteiger partial charge in [-0.2, -0.15) is 0 Å². The highest BCUT2D eigenvalue weighted by molar-refractivity contribution is 6.04. The van der Waals surface area contributed by atoms with Crippen LogP contribution in [0.1, 0.15) is 10.4 Å². The fourth-order valence-corrected chi connectivity index (χ4v) is 1.72. The Morgan fingerprint density at radius 2 is 1.91 bits per heavy atom. The zero-order valence-electron chi connectivity index (χ0n) is 11.3. The third kappa shape index (κ3) is 3.17. The molecule has 0 heterocycles. The van der Waals surface area contributed by atoms with Crippen molar-refractivity contribution in [1.29, 1.82) is 0 Å². The average molecular weight is 308 g/mol. The highest BCUT2D eigenvalue weighted by atomic mass is 19.1. The van der Waals surface area contributed by atoms with Gasteiger partial charge < -0.3 is 10.1 Å². The maximum atomic E-state index is 13.6. The van der Waals surface area contributed by atoms with Gasteiger partial charge in [-0.3, -0.25) is 14.9 Å². The van der Waals surface area contributed by atoms with Crippen molar-refractivity contribution in [1.82, 2.24) is 0 Å². The molecule has 0 saturated carbocycles. The number of nitro groups is 1. The minimum Gasteiger partial charge on any atom is -0.494 e. The monoisotopic (exact) mass is 308 g/mol. The maximum absolute atomic E-state index is 13.6. The molecule has 22 heavy (non-hydrogen) atoms. The second kappa shape index (κ2) is 6.17. The van der Waals surface area contributed by atoms with Crippen molar-refractivity contribution < 1.29 is 23.2 Å². The van der Waals surface area contributed by atoms with Gasteiger partial charge in [0.1, 0.15) is 5.82 Å². The van der Waals surface area contributed by atoms with Crippen molar-refractivity contribution in [3.63, 3.8) is 0 Å². The number of nitro benzene ring substituents is 1. The molecule has 6 nitrogen and oxygen atoms in total. The predicted octanol–water partition coefficient (Wildman–Crippen LogP) is 3.13. The number of hydrogen-bond acceptors (Lipinski definition) is 4. The lowest BCUT2D eigenvalue weighted by molar-refractivity contribution is -0.384. The fraction of sp³-hybridized carbons (Fsp3) is 0.0714. The van der Waals surface area contributed by atoms with Crippen LogP contribution < -0.4 is 10.1 Å². The Morgan fingerprint density at radius 1 is 1.18 bits per heavy atom. The zero-order chi connectivity index (χ0) is 16.3. The fourth-order valence-electron chi connectivity index (χ4n) is 1.72. The summed E-state index contributed by atoms with van der Waals surface area (Å²) in [5.74, 6) is -2.44. The van der Waals surface area contributed by atoms with Crippen LogP contribution in [-0.2, 0) is 0 Å². The molecule has 0 saturated heterocycles. The van der Waals surface area contributed by atoms with E-state index < -0.39 is 22.5 Å². The highest BCUT2D eigenvalue weighted by Crippen LogP contribution is 2.23. The van der Waals surface area contributed by atoms with Crippen LogP contribution >= 0.6 is 0 Å². The van der Waals surface area contributed by atoms with E-state index in [0.717, 1.165) is 24.3 Å². The number of anilines is 1. The molecule has 0 unspecified atom stereocenters. The number of non-ortho nitro benzene ring substituents is 1. The van der Waals surface area contributed by atoms with Gasteiger partial charge in [0, 0.05) is 17.7 Å². The van der Waals surface area contributed by atoms with Crippen LogP contribution in [0.4, 0.5) is 20.2 Å². The first-order valence-corrected chi connectivity index (χ1v) is 6.01. The van der Waals surface area contributed by atoms with Gasteiger partial charge in [0.25, 0.3) is 11.6 Å². The van der Waals surface area contributed by atoms with Crippen molar-refractivity contribution in [2.24, 2.45) is 0 Å². The molecule has 2 aromatic rings. The number of ether oxygens (including phenoxy) is 1. The predicted molar refractivity (Wildman–Crippen MR) is 74.0 cm³/mol. The van der Waals surface area contributed by atoms with Gasteiger partial charge in [-0.05, 0) is 24.3 Å². The van der Waals surface area contributed by atoms with Crippen LogP contribution in [0.5, 0.6) is 5.75 Å². The Hall–Kier alpha value is -3.03. The number of halogens is 2. The maximum Gasteiger partial charge on any atom is 0.271 e. The standard InChI is InChI=1S/C14H10F2N2O4/c1-22-13-5-2-8(6-11(13)16)14(19)17-12-7-9(18(20)21)3-4-10(12)15/h2-7H,1H3,(H,17,19). The van der Waals surface area contributed by atoms with E-state index in [1.807, 2.05) is 0 Å². The van der Waals surface area contributed by atoms with E-state index in [9.17, 15) is 23.7 Å². The van der Waals surface area contributed by atoms with E-state index in [1.165, 1.54) is 19.2 Å². The quantitative estimate of drug-likeness (QED) is 0.695. The molecule has 0 aliphatic heterocycles. The van der Waals surface area contributed by atoms with Gasteiger partial charge in [0.2, 0.25) is 0 Å². The smallest absolute Gasteiger partial charge is 0.271 e.